The summed E-state index contributed by atoms with van der Waals surface area (Å²) in [5, 5.41) is 0. The summed E-state index contributed by atoms with van der Waals surface area (Å²) in [7, 11) is 1.55. The van der Waals surface area contributed by atoms with Gasteiger partial charge >= 0.3 is 0 Å². The summed E-state index contributed by atoms with van der Waals surface area (Å²) in [5.74, 6) is -1.66. The summed E-state index contributed by atoms with van der Waals surface area (Å²) in [6, 6.07) is 5.23. The molecule has 12 heteroatoms. The third-order valence-corrected chi connectivity index (χ3v) is 7.30. The Morgan fingerprint density at radius 2 is 1.65 bits per heavy atom. The lowest BCUT2D eigenvalue weighted by Gasteiger charge is -2.37. The largest absolute Gasteiger partial charge is 0.398 e. The van der Waals surface area contributed by atoms with Gasteiger partial charge < -0.3 is 15.5 Å². The summed E-state index contributed by atoms with van der Waals surface area (Å²) in [5.41, 5.74) is 7.28. The van der Waals surface area contributed by atoms with E-state index in [1.54, 1.807) is 11.9 Å². The molecule has 1 aliphatic rings. The molecule has 226 valence electrons. The number of nitrogens with two attached hydrogens (primary N) is 1. The number of amidine groups is 1. The van der Waals surface area contributed by atoms with E-state index in [0.29, 0.717) is 55.5 Å². The number of halogens is 2. The fraction of sp³-hybridized carbons (Fsp3) is 0.355. The van der Waals surface area contributed by atoms with Gasteiger partial charge in [0.05, 0.1) is 28.2 Å². The van der Waals surface area contributed by atoms with Gasteiger partial charge in [0, 0.05) is 38.9 Å². The molecule has 0 saturated carbocycles. The van der Waals surface area contributed by atoms with Gasteiger partial charge in [0.1, 0.15) is 23.7 Å². The molecule has 1 aromatic carbocycles. The number of rotatable bonds is 8. The number of aromatic nitrogens is 3. The van der Waals surface area contributed by atoms with E-state index in [-0.39, 0.29) is 46.1 Å². The molecule has 43 heavy (non-hydrogen) atoms. The first-order chi connectivity index (χ1) is 20.5. The molecule has 2 amide bonds. The van der Waals surface area contributed by atoms with Crippen molar-refractivity contribution in [2.24, 2.45) is 4.99 Å². The van der Waals surface area contributed by atoms with Crippen LogP contribution in [-0.2, 0) is 9.59 Å². The van der Waals surface area contributed by atoms with E-state index in [0.717, 1.165) is 0 Å². The molecule has 10 nitrogen and oxygen atoms in total. The normalized spacial score (nSPS) is 13.9. The van der Waals surface area contributed by atoms with E-state index in [1.165, 1.54) is 41.6 Å². The summed E-state index contributed by atoms with van der Waals surface area (Å²) in [4.78, 5) is 48.1. The third-order valence-electron chi connectivity index (χ3n) is 7.30. The molecule has 0 aliphatic carbocycles. The van der Waals surface area contributed by atoms with Crippen LogP contribution in [0.5, 0.6) is 0 Å². The quantitative estimate of drug-likeness (QED) is 0.133. The first-order valence-corrected chi connectivity index (χ1v) is 14.0. The highest BCUT2D eigenvalue weighted by Gasteiger charge is 2.32. The standard InChI is InChI=1S/C31H36F2N8O2/c1-7-24(43)39-11-13-40(14-12-39)30(35-6)20-15-22(33)28(25-21(32)9-8-10-23(25)34)38-31(20)41(17-42)29-26(18(2)3)36-16-37-27(29)19(4)5/h7-10,15-19H,1,11-14,34H2,2-6H3/b35-30+. The maximum Gasteiger partial charge on any atom is 0.246 e. The van der Waals surface area contributed by atoms with Crippen molar-refractivity contribution in [2.75, 3.05) is 43.9 Å². The number of anilines is 3. The number of pyridine rings is 1. The molecule has 0 spiro atoms. The van der Waals surface area contributed by atoms with Crippen LogP contribution in [0.15, 0.2) is 48.2 Å². The molecule has 0 bridgehead atoms. The van der Waals surface area contributed by atoms with Crippen LogP contribution in [0.2, 0.25) is 0 Å². The Balaban J connectivity index is 1.99. The second-order valence-corrected chi connectivity index (χ2v) is 10.7. The van der Waals surface area contributed by atoms with Gasteiger partial charge in [0.15, 0.2) is 11.6 Å². The second kappa shape index (κ2) is 13.1. The summed E-state index contributed by atoms with van der Waals surface area (Å²) in [6.45, 7) is 12.9. The average Bonchev–Trinajstić information content (AvgIpc) is 2.99. The molecular weight excluding hydrogens is 554 g/mol. The van der Waals surface area contributed by atoms with Gasteiger partial charge in [-0.05, 0) is 36.1 Å². The number of hydrogen-bond donors (Lipinski definition) is 1. The topological polar surface area (TPSA) is 121 Å². The van der Waals surface area contributed by atoms with Gasteiger partial charge in [0.2, 0.25) is 12.3 Å². The van der Waals surface area contributed by atoms with Crippen LogP contribution >= 0.6 is 0 Å². The summed E-state index contributed by atoms with van der Waals surface area (Å²) in [6.07, 6.45) is 3.28. The van der Waals surface area contributed by atoms with Crippen molar-refractivity contribution >= 4 is 35.3 Å². The van der Waals surface area contributed by atoms with Crippen molar-refractivity contribution in [3.8, 4) is 11.3 Å². The highest BCUT2D eigenvalue weighted by atomic mass is 19.1. The average molecular weight is 591 g/mol. The van der Waals surface area contributed by atoms with Gasteiger partial charge in [-0.3, -0.25) is 19.5 Å². The van der Waals surface area contributed by atoms with Crippen molar-refractivity contribution in [3.05, 3.63) is 71.8 Å². The molecule has 1 saturated heterocycles. The van der Waals surface area contributed by atoms with E-state index < -0.39 is 11.6 Å². The zero-order valence-electron chi connectivity index (χ0n) is 25.0. The monoisotopic (exact) mass is 590 g/mol. The molecule has 2 aromatic heterocycles. The first-order valence-electron chi connectivity index (χ1n) is 14.0. The Morgan fingerprint density at radius 3 is 2.16 bits per heavy atom. The maximum atomic E-state index is 16.0. The molecule has 0 unspecified atom stereocenters. The number of carbonyl (C=O) groups is 2. The Hall–Kier alpha value is -4.74. The molecule has 3 aromatic rings. The Kier molecular flexibility index (Phi) is 9.47. The van der Waals surface area contributed by atoms with Crippen molar-refractivity contribution in [2.45, 2.75) is 39.5 Å². The smallest absolute Gasteiger partial charge is 0.246 e. The van der Waals surface area contributed by atoms with E-state index in [2.05, 4.69) is 26.5 Å². The molecular formula is C31H36F2N8O2. The minimum absolute atomic E-state index is 0.0103. The lowest BCUT2D eigenvalue weighted by molar-refractivity contribution is -0.127. The predicted octanol–water partition coefficient (Wildman–Crippen LogP) is 4.65. The lowest BCUT2D eigenvalue weighted by atomic mass is 10.00. The number of carbonyl (C=O) groups excluding carboxylic acids is 2. The zero-order valence-corrected chi connectivity index (χ0v) is 25.0. The number of hydrogen-bond acceptors (Lipinski definition) is 7. The van der Waals surface area contributed by atoms with Gasteiger partial charge in [-0.2, -0.15) is 0 Å². The molecule has 4 rings (SSSR count). The lowest BCUT2D eigenvalue weighted by Crippen LogP contribution is -2.50. The minimum Gasteiger partial charge on any atom is -0.398 e. The van der Waals surface area contributed by atoms with Crippen LogP contribution in [0.1, 0.15) is 56.5 Å². The molecule has 1 fully saturated rings. The molecule has 3 heterocycles. The van der Waals surface area contributed by atoms with Gasteiger partial charge in [-0.1, -0.05) is 40.3 Å². The number of piperazine rings is 1. The fourth-order valence-electron chi connectivity index (χ4n) is 5.20. The van der Waals surface area contributed by atoms with Crippen LogP contribution in [0.3, 0.4) is 0 Å². The SMILES string of the molecule is C=CC(=O)N1CCN(/C(=N/C)c2cc(F)c(-c3c(N)cccc3F)nc2N(C=O)c2c(C(C)C)ncnc2C(C)C)CC1. The number of aliphatic imine (C=N–C) groups is 1. The third kappa shape index (κ3) is 6.08. The van der Waals surface area contributed by atoms with Crippen molar-refractivity contribution in [1.29, 1.82) is 0 Å². The summed E-state index contributed by atoms with van der Waals surface area (Å²) >= 11 is 0. The summed E-state index contributed by atoms with van der Waals surface area (Å²) < 4.78 is 31.1. The number of benzene rings is 1. The van der Waals surface area contributed by atoms with Crippen LogP contribution in [0.25, 0.3) is 11.3 Å². The van der Waals surface area contributed by atoms with E-state index >= 15 is 8.78 Å². The van der Waals surface area contributed by atoms with E-state index in [4.69, 9.17) is 5.73 Å². The number of nitrogen functional groups attached to an aromatic ring is 1. The highest BCUT2D eigenvalue weighted by Crippen LogP contribution is 2.39. The van der Waals surface area contributed by atoms with Gasteiger partial charge in [-0.25, -0.2) is 23.7 Å². The molecule has 0 radical (unpaired) electrons. The van der Waals surface area contributed by atoms with Crippen molar-refractivity contribution in [1.82, 2.24) is 24.8 Å². The van der Waals surface area contributed by atoms with Crippen LogP contribution in [-0.4, -0.2) is 76.1 Å². The fourth-order valence-corrected chi connectivity index (χ4v) is 5.20. The van der Waals surface area contributed by atoms with Gasteiger partial charge in [0.25, 0.3) is 0 Å². The zero-order chi connectivity index (χ0) is 31.4. The Labute approximate surface area is 250 Å². The second-order valence-electron chi connectivity index (χ2n) is 10.7. The van der Waals surface area contributed by atoms with Crippen molar-refractivity contribution in [3.63, 3.8) is 0 Å². The first kappa shape index (κ1) is 31.2. The van der Waals surface area contributed by atoms with Crippen molar-refractivity contribution < 1.29 is 18.4 Å². The van der Waals surface area contributed by atoms with Crippen LogP contribution < -0.4 is 10.6 Å². The maximum absolute atomic E-state index is 16.0. The minimum atomic E-state index is -0.847. The van der Waals surface area contributed by atoms with E-state index in [1.807, 2.05) is 32.6 Å². The van der Waals surface area contributed by atoms with E-state index in [9.17, 15) is 9.59 Å². The Morgan fingerprint density at radius 1 is 1.05 bits per heavy atom. The Bertz CT molecular complexity index is 1520. The van der Waals surface area contributed by atoms with Crippen LogP contribution in [0, 0.1) is 11.6 Å². The van der Waals surface area contributed by atoms with Gasteiger partial charge in [-0.15, -0.1) is 0 Å². The number of nitrogens with zero attached hydrogens (tertiary/aromatic N) is 7. The number of amides is 2. The highest BCUT2D eigenvalue weighted by molar-refractivity contribution is 6.06. The predicted molar refractivity (Wildman–Crippen MR) is 163 cm³/mol. The molecule has 2 N–H and O–H groups in total. The molecule has 0 atom stereocenters. The molecule has 1 aliphatic heterocycles. The van der Waals surface area contributed by atoms with Crippen LogP contribution in [0.4, 0.5) is 26.0 Å².